The van der Waals surface area contributed by atoms with Gasteiger partial charge in [-0.3, -0.25) is 0 Å². The average Bonchev–Trinajstić information content (AvgIpc) is 3.01. The third-order valence-electron chi connectivity index (χ3n) is 2.97. The predicted octanol–water partition coefficient (Wildman–Crippen LogP) is 2.81. The number of alkyl halides is 3. The van der Waals surface area contributed by atoms with Crippen LogP contribution >= 0.6 is 0 Å². The molecule has 0 spiro atoms. The number of anilines is 1. The first-order chi connectivity index (χ1) is 11.2. The van der Waals surface area contributed by atoms with Crippen LogP contribution in [0, 0.1) is 0 Å². The summed E-state index contributed by atoms with van der Waals surface area (Å²) in [4.78, 5) is 3.99. The van der Waals surface area contributed by atoms with Crippen molar-refractivity contribution in [2.75, 3.05) is 11.9 Å². The van der Waals surface area contributed by atoms with Gasteiger partial charge in [-0.05, 0) is 43.3 Å². The number of furan rings is 1. The summed E-state index contributed by atoms with van der Waals surface area (Å²) < 4.78 is 45.1. The number of nitrogens with zero attached hydrogens (tertiary/aromatic N) is 1. The molecule has 6 nitrogen and oxygen atoms in total. The summed E-state index contributed by atoms with van der Waals surface area (Å²) in [5.74, 6) is -0.0108. The first-order valence-electron chi connectivity index (χ1n) is 6.85. The Bertz CT molecular complexity index is 680. The molecule has 0 fully saturated rings. The molecule has 1 heterocycles. The van der Waals surface area contributed by atoms with Gasteiger partial charge in [0.1, 0.15) is 17.1 Å². The van der Waals surface area contributed by atoms with Gasteiger partial charge >= 0.3 is 6.36 Å². The topological polar surface area (TPSA) is 93.0 Å². The Labute approximate surface area is 135 Å². The molecule has 0 saturated carbocycles. The van der Waals surface area contributed by atoms with E-state index < -0.39 is 12.0 Å². The van der Waals surface area contributed by atoms with Gasteiger partial charge in [0.15, 0.2) is 5.96 Å². The number of aliphatic imine (C=N–C) groups is 1. The predicted molar refractivity (Wildman–Crippen MR) is 81.5 cm³/mol. The number of ether oxygens (including phenoxy) is 1. The van der Waals surface area contributed by atoms with E-state index in [1.807, 2.05) is 0 Å². The lowest BCUT2D eigenvalue weighted by Gasteiger charge is -2.18. The first-order valence-corrected chi connectivity index (χ1v) is 6.85. The summed E-state index contributed by atoms with van der Waals surface area (Å²) in [6.45, 7) is 1.46. The first kappa shape index (κ1) is 17.7. The number of benzene rings is 1. The Morgan fingerprint density at radius 3 is 2.50 bits per heavy atom. The van der Waals surface area contributed by atoms with Crippen molar-refractivity contribution in [3.05, 3.63) is 48.4 Å². The minimum absolute atomic E-state index is 0.00804. The lowest BCUT2D eigenvalue weighted by molar-refractivity contribution is -0.274. The smallest absolute Gasteiger partial charge is 0.466 e. The Morgan fingerprint density at radius 1 is 1.29 bits per heavy atom. The maximum Gasteiger partial charge on any atom is 0.573 e. The van der Waals surface area contributed by atoms with Gasteiger partial charge in [-0.15, -0.1) is 13.2 Å². The largest absolute Gasteiger partial charge is 0.573 e. The van der Waals surface area contributed by atoms with Gasteiger partial charge in [0.25, 0.3) is 0 Å². The molecule has 2 aromatic rings. The molecule has 0 aliphatic heterocycles. The second kappa shape index (κ2) is 6.83. The molecule has 0 aliphatic carbocycles. The molecule has 4 N–H and O–H groups in total. The molecular weight excluding hydrogens is 327 g/mol. The molecular formula is C15H16F3N3O3. The van der Waals surface area contributed by atoms with E-state index in [-0.39, 0.29) is 18.3 Å². The fourth-order valence-corrected chi connectivity index (χ4v) is 1.83. The zero-order chi connectivity index (χ0) is 17.8. The van der Waals surface area contributed by atoms with Crippen LogP contribution in [-0.4, -0.2) is 24.0 Å². The summed E-state index contributed by atoms with van der Waals surface area (Å²) in [7, 11) is 0. The molecule has 1 unspecified atom stereocenters. The van der Waals surface area contributed by atoms with Crippen molar-refractivity contribution in [1.82, 2.24) is 0 Å². The maximum absolute atomic E-state index is 12.1. The molecule has 1 aromatic carbocycles. The summed E-state index contributed by atoms with van der Waals surface area (Å²) in [5.41, 5.74) is 4.78. The lowest BCUT2D eigenvalue weighted by Crippen LogP contribution is -2.29. The number of hydrogen-bond donors (Lipinski definition) is 3. The summed E-state index contributed by atoms with van der Waals surface area (Å²) in [6, 6.07) is 8.24. The molecule has 9 heteroatoms. The highest BCUT2D eigenvalue weighted by atomic mass is 19.4. The molecule has 24 heavy (non-hydrogen) atoms. The fraction of sp³-hybridized carbons (Fsp3) is 0.267. The zero-order valence-electron chi connectivity index (χ0n) is 12.7. The van der Waals surface area contributed by atoms with Crippen LogP contribution in [0.4, 0.5) is 18.9 Å². The van der Waals surface area contributed by atoms with Crippen molar-refractivity contribution in [2.24, 2.45) is 10.7 Å². The fourth-order valence-electron chi connectivity index (χ4n) is 1.83. The van der Waals surface area contributed by atoms with E-state index in [1.54, 1.807) is 12.1 Å². The minimum atomic E-state index is -4.74. The molecule has 0 saturated heterocycles. The molecule has 130 valence electrons. The van der Waals surface area contributed by atoms with Crippen LogP contribution < -0.4 is 15.8 Å². The van der Waals surface area contributed by atoms with E-state index in [2.05, 4.69) is 15.0 Å². The maximum atomic E-state index is 12.1. The standard InChI is InChI=1S/C15H16F3N3O3/c1-14(22,12-3-2-8-23-12)9-20-13(19)21-10-4-6-11(7-5-10)24-15(16,17)18/h2-8,22H,9H2,1H3,(H3,19,20,21). The molecule has 0 aliphatic rings. The zero-order valence-corrected chi connectivity index (χ0v) is 12.7. The van der Waals surface area contributed by atoms with Gasteiger partial charge < -0.3 is 25.3 Å². The van der Waals surface area contributed by atoms with Gasteiger partial charge in [0, 0.05) is 5.69 Å². The molecule has 1 atom stereocenters. The van der Waals surface area contributed by atoms with E-state index in [9.17, 15) is 18.3 Å². The molecule has 0 amide bonds. The summed E-state index contributed by atoms with van der Waals surface area (Å²) >= 11 is 0. The lowest BCUT2D eigenvalue weighted by atomic mass is 10.0. The van der Waals surface area contributed by atoms with Crippen LogP contribution in [0.1, 0.15) is 12.7 Å². The van der Waals surface area contributed by atoms with E-state index in [0.717, 1.165) is 12.1 Å². The second-order valence-electron chi connectivity index (χ2n) is 5.15. The van der Waals surface area contributed by atoms with Gasteiger partial charge in [0.2, 0.25) is 0 Å². The van der Waals surface area contributed by atoms with Crippen LogP contribution in [0.2, 0.25) is 0 Å². The highest BCUT2D eigenvalue weighted by Gasteiger charge is 2.31. The monoisotopic (exact) mass is 343 g/mol. The van der Waals surface area contributed by atoms with Gasteiger partial charge in [0.05, 0.1) is 12.8 Å². The quantitative estimate of drug-likeness (QED) is 0.573. The normalized spacial score (nSPS) is 15.0. The number of nitrogens with two attached hydrogens (primary N) is 1. The molecule has 0 bridgehead atoms. The van der Waals surface area contributed by atoms with Crippen LogP contribution in [0.25, 0.3) is 0 Å². The molecule has 2 rings (SSSR count). The van der Waals surface area contributed by atoms with Crippen molar-refractivity contribution in [3.63, 3.8) is 0 Å². The van der Waals surface area contributed by atoms with E-state index in [4.69, 9.17) is 10.2 Å². The van der Waals surface area contributed by atoms with Crippen LogP contribution in [0.15, 0.2) is 52.1 Å². The Balaban J connectivity index is 1.95. The Morgan fingerprint density at radius 2 is 1.96 bits per heavy atom. The van der Waals surface area contributed by atoms with Crippen LogP contribution in [0.3, 0.4) is 0 Å². The third-order valence-corrected chi connectivity index (χ3v) is 2.97. The SMILES string of the molecule is CC(O)(CN=C(N)Nc1ccc(OC(F)(F)F)cc1)c1ccco1. The van der Waals surface area contributed by atoms with Crippen molar-refractivity contribution in [1.29, 1.82) is 0 Å². The van der Waals surface area contributed by atoms with Crippen LogP contribution in [0.5, 0.6) is 5.75 Å². The number of halogens is 3. The van der Waals surface area contributed by atoms with Crippen LogP contribution in [-0.2, 0) is 5.60 Å². The summed E-state index contributed by atoms with van der Waals surface area (Å²) in [5, 5.41) is 12.9. The molecule has 0 radical (unpaired) electrons. The van der Waals surface area contributed by atoms with Crippen molar-refractivity contribution in [3.8, 4) is 5.75 Å². The van der Waals surface area contributed by atoms with Crippen molar-refractivity contribution < 1.29 is 27.4 Å². The number of nitrogens with one attached hydrogen (secondary N) is 1. The number of aliphatic hydroxyl groups is 1. The van der Waals surface area contributed by atoms with E-state index in [0.29, 0.717) is 11.4 Å². The van der Waals surface area contributed by atoms with Crippen molar-refractivity contribution in [2.45, 2.75) is 18.9 Å². The highest BCUT2D eigenvalue weighted by Crippen LogP contribution is 2.24. The Kier molecular flexibility index (Phi) is 5.03. The van der Waals surface area contributed by atoms with Gasteiger partial charge in [-0.1, -0.05) is 0 Å². The van der Waals surface area contributed by atoms with Gasteiger partial charge in [-0.2, -0.15) is 0 Å². The Hall–Kier alpha value is -2.68. The summed E-state index contributed by atoms with van der Waals surface area (Å²) in [6.07, 6.45) is -3.31. The average molecular weight is 343 g/mol. The highest BCUT2D eigenvalue weighted by molar-refractivity contribution is 5.92. The van der Waals surface area contributed by atoms with E-state index >= 15 is 0 Å². The van der Waals surface area contributed by atoms with Crippen molar-refractivity contribution >= 4 is 11.6 Å². The number of guanidine groups is 1. The van der Waals surface area contributed by atoms with E-state index in [1.165, 1.54) is 25.3 Å². The molecule has 1 aromatic heterocycles. The third kappa shape index (κ3) is 5.20. The minimum Gasteiger partial charge on any atom is -0.466 e. The second-order valence-corrected chi connectivity index (χ2v) is 5.15. The number of rotatable bonds is 5. The van der Waals surface area contributed by atoms with Gasteiger partial charge in [-0.25, -0.2) is 4.99 Å². The number of hydrogen-bond acceptors (Lipinski definition) is 4.